The number of nitrogens with zero attached hydrogens (tertiary/aromatic N) is 3. The molecule has 0 spiro atoms. The largest absolute Gasteiger partial charge is 0.454 e. The fourth-order valence-electron chi connectivity index (χ4n) is 2.62. The summed E-state index contributed by atoms with van der Waals surface area (Å²) in [5.74, 6) is 0.472. The number of hydrazone groups is 1. The van der Waals surface area contributed by atoms with Gasteiger partial charge in [0, 0.05) is 21.8 Å². The number of halogens is 2. The number of nitrogens with one attached hydrogen (secondary N) is 1. The zero-order chi connectivity index (χ0) is 19.5. The van der Waals surface area contributed by atoms with Crippen LogP contribution in [0.2, 0.25) is 0 Å². The van der Waals surface area contributed by atoms with Gasteiger partial charge in [0.15, 0.2) is 17.2 Å². The summed E-state index contributed by atoms with van der Waals surface area (Å²) in [4.78, 5) is 12.2. The molecule has 0 atom stereocenters. The predicted molar refractivity (Wildman–Crippen MR) is 103 cm³/mol. The molecule has 0 bridgehead atoms. The molecule has 0 aliphatic carbocycles. The van der Waals surface area contributed by atoms with E-state index in [1.807, 2.05) is 0 Å². The summed E-state index contributed by atoms with van der Waals surface area (Å²) in [7, 11) is 0. The molecule has 0 fully saturated rings. The Hall–Kier alpha value is -3.20. The van der Waals surface area contributed by atoms with Crippen molar-refractivity contribution in [2.45, 2.75) is 6.54 Å². The Morgan fingerprint density at radius 3 is 2.89 bits per heavy atom. The van der Waals surface area contributed by atoms with Crippen molar-refractivity contribution in [3.63, 3.8) is 0 Å². The summed E-state index contributed by atoms with van der Waals surface area (Å²) in [5, 5.41) is 8.11. The summed E-state index contributed by atoms with van der Waals surface area (Å²) in [6.07, 6.45) is 3.10. The second-order valence-electron chi connectivity index (χ2n) is 5.92. The highest BCUT2D eigenvalue weighted by atomic mass is 79.9. The van der Waals surface area contributed by atoms with Gasteiger partial charge in [-0.15, -0.1) is 0 Å². The first-order valence-electron chi connectivity index (χ1n) is 8.29. The number of fused-ring (bicyclic) bond motifs is 1. The van der Waals surface area contributed by atoms with Crippen molar-refractivity contribution >= 4 is 28.1 Å². The molecule has 0 radical (unpaired) electrons. The summed E-state index contributed by atoms with van der Waals surface area (Å²) in [6, 6.07) is 11.5. The SMILES string of the molecule is O=C(NN=Cc1cc2c(cc1Br)OCO2)c1ccn(Cc2ccccc2F)n1. The Kier molecular flexibility index (Phi) is 5.07. The van der Waals surface area contributed by atoms with Crippen LogP contribution in [0.25, 0.3) is 0 Å². The van der Waals surface area contributed by atoms with Gasteiger partial charge in [0.05, 0.1) is 12.8 Å². The number of ether oxygens (including phenoxy) is 2. The van der Waals surface area contributed by atoms with E-state index in [-0.39, 0.29) is 24.8 Å². The van der Waals surface area contributed by atoms with Gasteiger partial charge in [-0.3, -0.25) is 9.48 Å². The molecule has 1 N–H and O–H groups in total. The quantitative estimate of drug-likeness (QED) is 0.483. The van der Waals surface area contributed by atoms with Gasteiger partial charge in [0.2, 0.25) is 6.79 Å². The van der Waals surface area contributed by atoms with Gasteiger partial charge in [-0.25, -0.2) is 9.82 Å². The average Bonchev–Trinajstić information content (AvgIpc) is 3.33. The fourth-order valence-corrected chi connectivity index (χ4v) is 3.05. The van der Waals surface area contributed by atoms with Crippen molar-refractivity contribution in [3.8, 4) is 11.5 Å². The third kappa shape index (κ3) is 3.89. The highest BCUT2D eigenvalue weighted by Gasteiger charge is 2.16. The fraction of sp³-hybridized carbons (Fsp3) is 0.105. The van der Waals surface area contributed by atoms with Crippen LogP contribution in [-0.2, 0) is 6.54 Å². The molecule has 2 heterocycles. The summed E-state index contributed by atoms with van der Waals surface area (Å²) in [5.41, 5.74) is 3.80. The van der Waals surface area contributed by atoms with E-state index in [2.05, 4.69) is 31.6 Å². The maximum atomic E-state index is 13.7. The molecular formula is C19H14BrFN4O3. The van der Waals surface area contributed by atoms with E-state index < -0.39 is 5.91 Å². The lowest BCUT2D eigenvalue weighted by molar-refractivity contribution is 0.0949. The molecule has 2 aromatic carbocycles. The summed E-state index contributed by atoms with van der Waals surface area (Å²) in [6.45, 7) is 0.405. The van der Waals surface area contributed by atoms with E-state index in [9.17, 15) is 9.18 Å². The molecule has 7 nitrogen and oxygen atoms in total. The molecule has 9 heteroatoms. The monoisotopic (exact) mass is 444 g/mol. The molecular weight excluding hydrogens is 431 g/mol. The van der Waals surface area contributed by atoms with Crippen LogP contribution >= 0.6 is 15.9 Å². The average molecular weight is 445 g/mol. The molecule has 0 saturated heterocycles. The van der Waals surface area contributed by atoms with Gasteiger partial charge in [-0.1, -0.05) is 18.2 Å². The van der Waals surface area contributed by atoms with Crippen LogP contribution in [0.3, 0.4) is 0 Å². The molecule has 142 valence electrons. The molecule has 1 amide bonds. The Bertz CT molecular complexity index is 1070. The minimum atomic E-state index is -0.472. The van der Waals surface area contributed by atoms with E-state index in [4.69, 9.17) is 9.47 Å². The van der Waals surface area contributed by atoms with Crippen molar-refractivity contribution in [1.82, 2.24) is 15.2 Å². The van der Waals surface area contributed by atoms with E-state index in [0.29, 0.717) is 17.1 Å². The van der Waals surface area contributed by atoms with Crippen LogP contribution in [0.15, 0.2) is 58.2 Å². The van der Waals surface area contributed by atoms with Gasteiger partial charge < -0.3 is 9.47 Å². The lowest BCUT2D eigenvalue weighted by Gasteiger charge is -2.03. The van der Waals surface area contributed by atoms with Gasteiger partial charge in [-0.05, 0) is 40.2 Å². The van der Waals surface area contributed by atoms with Crippen molar-refractivity contribution in [2.75, 3.05) is 6.79 Å². The Labute approximate surface area is 167 Å². The number of amides is 1. The minimum absolute atomic E-state index is 0.175. The van der Waals surface area contributed by atoms with Crippen molar-refractivity contribution in [2.24, 2.45) is 5.10 Å². The minimum Gasteiger partial charge on any atom is -0.454 e. The van der Waals surface area contributed by atoms with Crippen molar-refractivity contribution in [1.29, 1.82) is 0 Å². The zero-order valence-electron chi connectivity index (χ0n) is 14.4. The van der Waals surface area contributed by atoms with E-state index in [1.54, 1.807) is 42.6 Å². The number of rotatable bonds is 5. The predicted octanol–water partition coefficient (Wildman–Crippen LogP) is 3.33. The molecule has 0 saturated carbocycles. The van der Waals surface area contributed by atoms with Crippen LogP contribution < -0.4 is 14.9 Å². The number of carbonyl (C=O) groups excluding carboxylic acids is 1. The van der Waals surface area contributed by atoms with E-state index in [0.717, 1.165) is 10.0 Å². The summed E-state index contributed by atoms with van der Waals surface area (Å²) < 4.78 is 26.6. The van der Waals surface area contributed by atoms with Crippen LogP contribution in [0.4, 0.5) is 4.39 Å². The maximum Gasteiger partial charge on any atom is 0.291 e. The van der Waals surface area contributed by atoms with E-state index in [1.165, 1.54) is 17.0 Å². The highest BCUT2D eigenvalue weighted by Crippen LogP contribution is 2.36. The second kappa shape index (κ2) is 7.81. The number of benzene rings is 2. The molecule has 1 aromatic heterocycles. The van der Waals surface area contributed by atoms with Crippen LogP contribution in [0, 0.1) is 5.82 Å². The molecule has 1 aliphatic heterocycles. The van der Waals surface area contributed by atoms with Crippen LogP contribution in [0.5, 0.6) is 11.5 Å². The van der Waals surface area contributed by atoms with E-state index >= 15 is 0 Å². The van der Waals surface area contributed by atoms with Crippen LogP contribution in [-0.4, -0.2) is 28.7 Å². The topological polar surface area (TPSA) is 77.7 Å². The molecule has 3 aromatic rings. The maximum absolute atomic E-state index is 13.7. The third-order valence-electron chi connectivity index (χ3n) is 4.03. The molecule has 0 unspecified atom stereocenters. The second-order valence-corrected chi connectivity index (χ2v) is 6.77. The summed E-state index contributed by atoms with van der Waals surface area (Å²) >= 11 is 3.42. The highest BCUT2D eigenvalue weighted by molar-refractivity contribution is 9.10. The van der Waals surface area contributed by atoms with Gasteiger partial charge >= 0.3 is 0 Å². The van der Waals surface area contributed by atoms with Gasteiger partial charge in [0.1, 0.15) is 5.82 Å². The molecule has 28 heavy (non-hydrogen) atoms. The van der Waals surface area contributed by atoms with Gasteiger partial charge in [0.25, 0.3) is 5.91 Å². The van der Waals surface area contributed by atoms with Crippen molar-refractivity contribution in [3.05, 3.63) is 75.8 Å². The first-order valence-corrected chi connectivity index (χ1v) is 9.09. The molecule has 4 rings (SSSR count). The lowest BCUT2D eigenvalue weighted by atomic mass is 10.2. The first-order chi connectivity index (χ1) is 13.6. The normalized spacial score (nSPS) is 12.5. The lowest BCUT2D eigenvalue weighted by Crippen LogP contribution is -2.18. The molecule has 1 aliphatic rings. The third-order valence-corrected chi connectivity index (χ3v) is 4.71. The Balaban J connectivity index is 1.40. The number of carbonyl (C=O) groups is 1. The van der Waals surface area contributed by atoms with Crippen molar-refractivity contribution < 1.29 is 18.7 Å². The van der Waals surface area contributed by atoms with Gasteiger partial charge in [-0.2, -0.15) is 10.2 Å². The smallest absolute Gasteiger partial charge is 0.291 e. The zero-order valence-corrected chi connectivity index (χ0v) is 16.0. The number of hydrogen-bond donors (Lipinski definition) is 1. The standard InChI is InChI=1S/C19H14BrFN4O3/c20-14-8-18-17(27-11-28-18)7-13(14)9-22-23-19(26)16-5-6-25(24-16)10-12-3-1-2-4-15(12)21/h1-9H,10-11H2,(H,23,26). The first kappa shape index (κ1) is 18.2. The number of hydrogen-bond acceptors (Lipinski definition) is 5. The van der Waals surface area contributed by atoms with Crippen LogP contribution in [0.1, 0.15) is 21.6 Å². The number of aromatic nitrogens is 2. The Morgan fingerprint density at radius 1 is 1.29 bits per heavy atom. The Morgan fingerprint density at radius 2 is 2.07 bits per heavy atom.